The largest absolute Gasteiger partial charge is 0.497 e. The van der Waals surface area contributed by atoms with E-state index in [9.17, 15) is 0 Å². The van der Waals surface area contributed by atoms with Gasteiger partial charge >= 0.3 is 0 Å². The van der Waals surface area contributed by atoms with Gasteiger partial charge in [-0.1, -0.05) is 0 Å². The Morgan fingerprint density at radius 2 is 2.22 bits per heavy atom. The second-order valence-corrected chi connectivity index (χ2v) is 4.53. The predicted molar refractivity (Wildman–Crippen MR) is 68.8 cm³/mol. The van der Waals surface area contributed by atoms with Crippen LogP contribution < -0.4 is 14.8 Å². The fraction of sp³-hybridized carbons (Fsp3) is 0.500. The molecule has 1 aromatic rings. The Labute approximate surface area is 108 Å². The van der Waals surface area contributed by atoms with E-state index < -0.39 is 0 Å². The molecule has 0 radical (unpaired) electrons. The molecule has 1 N–H and O–H groups in total. The lowest BCUT2D eigenvalue weighted by atomic mass is 10.0. The maximum absolute atomic E-state index is 8.93. The summed E-state index contributed by atoms with van der Waals surface area (Å²) in [7, 11) is 1.59. The highest BCUT2D eigenvalue weighted by Crippen LogP contribution is 2.23. The Balaban J connectivity index is 1.97. The van der Waals surface area contributed by atoms with Crippen LogP contribution in [0.1, 0.15) is 18.4 Å². The van der Waals surface area contributed by atoms with Gasteiger partial charge in [-0.3, -0.25) is 0 Å². The Bertz CT molecular complexity index is 434. The summed E-state index contributed by atoms with van der Waals surface area (Å²) >= 11 is 0. The van der Waals surface area contributed by atoms with Crippen LogP contribution in [0.5, 0.6) is 11.5 Å². The molecule has 0 saturated carbocycles. The number of benzene rings is 1. The number of rotatable bonds is 4. The fourth-order valence-corrected chi connectivity index (χ4v) is 2.12. The van der Waals surface area contributed by atoms with Gasteiger partial charge in [-0.2, -0.15) is 5.26 Å². The van der Waals surface area contributed by atoms with Crippen molar-refractivity contribution in [2.24, 2.45) is 5.92 Å². The van der Waals surface area contributed by atoms with Gasteiger partial charge in [-0.15, -0.1) is 0 Å². The Hall–Kier alpha value is -1.73. The molecule has 1 fully saturated rings. The van der Waals surface area contributed by atoms with E-state index in [0.29, 0.717) is 29.6 Å². The molecule has 0 spiro atoms. The van der Waals surface area contributed by atoms with Crippen LogP contribution in [-0.4, -0.2) is 26.8 Å². The van der Waals surface area contributed by atoms with Crippen molar-refractivity contribution in [3.63, 3.8) is 0 Å². The molecule has 0 amide bonds. The highest BCUT2D eigenvalue weighted by atomic mass is 16.5. The van der Waals surface area contributed by atoms with Crippen LogP contribution in [0.3, 0.4) is 0 Å². The van der Waals surface area contributed by atoms with E-state index in [1.54, 1.807) is 19.2 Å². The molecule has 1 unspecified atom stereocenters. The summed E-state index contributed by atoms with van der Waals surface area (Å²) in [5.74, 6) is 1.91. The molecule has 2 rings (SSSR count). The summed E-state index contributed by atoms with van der Waals surface area (Å²) in [4.78, 5) is 0. The normalized spacial score (nSPS) is 19.0. The molecule has 1 aliphatic rings. The lowest BCUT2D eigenvalue weighted by molar-refractivity contribution is 0.218. The molecule has 0 aromatic heterocycles. The maximum Gasteiger partial charge on any atom is 0.124 e. The first-order valence-corrected chi connectivity index (χ1v) is 6.24. The van der Waals surface area contributed by atoms with Crippen LogP contribution in [0.2, 0.25) is 0 Å². The number of nitrogens with zero attached hydrogens (tertiary/aromatic N) is 1. The summed E-state index contributed by atoms with van der Waals surface area (Å²) in [6.07, 6.45) is 2.40. The molecule has 4 heteroatoms. The van der Waals surface area contributed by atoms with Crippen molar-refractivity contribution >= 4 is 0 Å². The van der Waals surface area contributed by atoms with Crippen LogP contribution in [0.25, 0.3) is 0 Å². The molecular weight excluding hydrogens is 228 g/mol. The van der Waals surface area contributed by atoms with E-state index >= 15 is 0 Å². The minimum atomic E-state index is 0.551. The van der Waals surface area contributed by atoms with E-state index in [-0.39, 0.29) is 0 Å². The highest BCUT2D eigenvalue weighted by molar-refractivity contribution is 5.43. The van der Waals surface area contributed by atoms with E-state index in [0.717, 1.165) is 13.1 Å². The molecule has 0 bridgehead atoms. The topological polar surface area (TPSA) is 54.3 Å². The quantitative estimate of drug-likeness (QED) is 0.882. The van der Waals surface area contributed by atoms with Crippen molar-refractivity contribution in [3.05, 3.63) is 23.8 Å². The van der Waals surface area contributed by atoms with Crippen LogP contribution in [0, 0.1) is 17.2 Å². The first-order chi connectivity index (χ1) is 8.81. The Kier molecular flexibility index (Phi) is 4.43. The first-order valence-electron chi connectivity index (χ1n) is 6.24. The summed E-state index contributed by atoms with van der Waals surface area (Å²) in [5, 5.41) is 12.3. The summed E-state index contributed by atoms with van der Waals surface area (Å²) in [6.45, 7) is 2.80. The monoisotopic (exact) mass is 246 g/mol. The van der Waals surface area contributed by atoms with Crippen molar-refractivity contribution in [1.82, 2.24) is 5.32 Å². The smallest absolute Gasteiger partial charge is 0.124 e. The maximum atomic E-state index is 8.93. The van der Waals surface area contributed by atoms with Crippen molar-refractivity contribution < 1.29 is 9.47 Å². The third-order valence-electron chi connectivity index (χ3n) is 3.13. The van der Waals surface area contributed by atoms with Crippen LogP contribution in [0.15, 0.2) is 18.2 Å². The third-order valence-corrected chi connectivity index (χ3v) is 3.13. The van der Waals surface area contributed by atoms with Gasteiger partial charge in [0, 0.05) is 18.5 Å². The van der Waals surface area contributed by atoms with Gasteiger partial charge in [-0.25, -0.2) is 0 Å². The number of hydrogen-bond acceptors (Lipinski definition) is 4. The minimum absolute atomic E-state index is 0.551. The Morgan fingerprint density at radius 1 is 1.39 bits per heavy atom. The zero-order valence-corrected chi connectivity index (χ0v) is 10.6. The summed E-state index contributed by atoms with van der Waals surface area (Å²) in [5.41, 5.74) is 0.561. The lowest BCUT2D eigenvalue weighted by Crippen LogP contribution is -2.33. The van der Waals surface area contributed by atoms with Crippen molar-refractivity contribution in [3.8, 4) is 17.6 Å². The summed E-state index contributed by atoms with van der Waals surface area (Å²) < 4.78 is 10.9. The molecular formula is C14H18N2O2. The number of hydrogen-bond donors (Lipinski definition) is 1. The van der Waals surface area contributed by atoms with E-state index in [2.05, 4.69) is 11.4 Å². The van der Waals surface area contributed by atoms with Crippen molar-refractivity contribution in [2.75, 3.05) is 26.8 Å². The van der Waals surface area contributed by atoms with Crippen LogP contribution in [0.4, 0.5) is 0 Å². The molecule has 1 saturated heterocycles. The number of ether oxygens (including phenoxy) is 2. The zero-order valence-electron chi connectivity index (χ0n) is 10.6. The van der Waals surface area contributed by atoms with E-state index in [1.807, 2.05) is 6.07 Å². The standard InChI is InChI=1S/C14H18N2O2/c1-17-13-5-12(8-15)6-14(7-13)18-10-11-3-2-4-16-9-11/h5-7,11,16H,2-4,9-10H2,1H3. The van der Waals surface area contributed by atoms with E-state index in [1.165, 1.54) is 12.8 Å². The molecule has 1 heterocycles. The average Bonchev–Trinajstić information content (AvgIpc) is 2.45. The Morgan fingerprint density at radius 3 is 2.89 bits per heavy atom. The van der Waals surface area contributed by atoms with Crippen molar-refractivity contribution in [1.29, 1.82) is 5.26 Å². The molecule has 4 nitrogen and oxygen atoms in total. The van der Waals surface area contributed by atoms with Crippen LogP contribution >= 0.6 is 0 Å². The van der Waals surface area contributed by atoms with Gasteiger partial charge in [0.15, 0.2) is 0 Å². The second-order valence-electron chi connectivity index (χ2n) is 4.53. The number of piperidine rings is 1. The van der Waals surface area contributed by atoms with Gasteiger partial charge in [0.25, 0.3) is 0 Å². The zero-order chi connectivity index (χ0) is 12.8. The van der Waals surface area contributed by atoms with E-state index in [4.69, 9.17) is 14.7 Å². The van der Waals surface area contributed by atoms with Crippen LogP contribution in [-0.2, 0) is 0 Å². The number of nitriles is 1. The SMILES string of the molecule is COc1cc(C#N)cc(OCC2CCCNC2)c1. The van der Waals surface area contributed by atoms with Gasteiger partial charge in [0.1, 0.15) is 11.5 Å². The number of nitrogens with one attached hydrogen (secondary N) is 1. The van der Waals surface area contributed by atoms with Gasteiger partial charge < -0.3 is 14.8 Å². The molecule has 18 heavy (non-hydrogen) atoms. The van der Waals surface area contributed by atoms with Crippen molar-refractivity contribution in [2.45, 2.75) is 12.8 Å². The number of methoxy groups -OCH3 is 1. The molecule has 1 atom stereocenters. The molecule has 1 aromatic carbocycles. The predicted octanol–water partition coefficient (Wildman–Crippen LogP) is 1.95. The lowest BCUT2D eigenvalue weighted by Gasteiger charge is -2.22. The average molecular weight is 246 g/mol. The van der Waals surface area contributed by atoms with Gasteiger partial charge in [-0.05, 0) is 31.5 Å². The van der Waals surface area contributed by atoms with Gasteiger partial charge in [0.05, 0.1) is 25.3 Å². The minimum Gasteiger partial charge on any atom is -0.497 e. The molecule has 96 valence electrons. The highest BCUT2D eigenvalue weighted by Gasteiger charge is 2.13. The summed E-state index contributed by atoms with van der Waals surface area (Å²) in [6, 6.07) is 7.38. The molecule has 1 aliphatic heterocycles. The fourth-order valence-electron chi connectivity index (χ4n) is 2.12. The molecule has 0 aliphatic carbocycles. The third kappa shape index (κ3) is 3.38. The second kappa shape index (κ2) is 6.27. The first kappa shape index (κ1) is 12.7. The van der Waals surface area contributed by atoms with Gasteiger partial charge in [0.2, 0.25) is 0 Å².